The highest BCUT2D eigenvalue weighted by Crippen LogP contribution is 2.35. The SMILES string of the molecule is COc1ccccc1-n1cnnc1S[C@@H](C)c1ccccc1. The van der Waals surface area contributed by atoms with Gasteiger partial charge >= 0.3 is 0 Å². The fourth-order valence-corrected chi connectivity index (χ4v) is 3.21. The molecule has 1 heterocycles. The van der Waals surface area contributed by atoms with Crippen LogP contribution in [0.3, 0.4) is 0 Å². The molecule has 4 nitrogen and oxygen atoms in total. The number of aromatic nitrogens is 3. The summed E-state index contributed by atoms with van der Waals surface area (Å²) in [5.74, 6) is 0.802. The van der Waals surface area contributed by atoms with Crippen LogP contribution in [0.4, 0.5) is 0 Å². The number of nitrogens with zero attached hydrogens (tertiary/aromatic N) is 3. The fourth-order valence-electron chi connectivity index (χ4n) is 2.25. The van der Waals surface area contributed by atoms with Crippen molar-refractivity contribution in [1.82, 2.24) is 14.8 Å². The highest BCUT2D eigenvalue weighted by atomic mass is 32.2. The Bertz CT molecular complexity index is 742. The monoisotopic (exact) mass is 311 g/mol. The van der Waals surface area contributed by atoms with Gasteiger partial charge in [0.05, 0.1) is 12.8 Å². The van der Waals surface area contributed by atoms with E-state index in [0.717, 1.165) is 16.6 Å². The molecule has 0 aliphatic heterocycles. The fraction of sp³-hybridized carbons (Fsp3) is 0.176. The first-order valence-electron chi connectivity index (χ1n) is 7.04. The summed E-state index contributed by atoms with van der Waals surface area (Å²) < 4.78 is 7.39. The zero-order valence-electron chi connectivity index (χ0n) is 12.5. The third kappa shape index (κ3) is 2.99. The van der Waals surface area contributed by atoms with Gasteiger partial charge in [0.25, 0.3) is 0 Å². The van der Waals surface area contributed by atoms with E-state index in [1.807, 2.05) is 34.9 Å². The van der Waals surface area contributed by atoms with Crippen LogP contribution in [0.1, 0.15) is 17.7 Å². The average molecular weight is 311 g/mol. The van der Waals surface area contributed by atoms with Crippen molar-refractivity contribution in [2.24, 2.45) is 0 Å². The number of benzene rings is 2. The lowest BCUT2D eigenvalue weighted by Gasteiger charge is -2.13. The van der Waals surface area contributed by atoms with Gasteiger partial charge in [0.15, 0.2) is 5.16 Å². The Morgan fingerprint density at radius 3 is 2.55 bits per heavy atom. The Morgan fingerprint density at radius 1 is 1.05 bits per heavy atom. The Balaban J connectivity index is 1.90. The van der Waals surface area contributed by atoms with Crippen LogP contribution in [0.2, 0.25) is 0 Å². The zero-order valence-corrected chi connectivity index (χ0v) is 13.3. The molecular weight excluding hydrogens is 294 g/mol. The summed E-state index contributed by atoms with van der Waals surface area (Å²) in [6, 6.07) is 18.2. The zero-order chi connectivity index (χ0) is 15.4. The summed E-state index contributed by atoms with van der Waals surface area (Å²) in [5, 5.41) is 9.45. The van der Waals surface area contributed by atoms with E-state index in [1.54, 1.807) is 25.2 Å². The molecule has 3 rings (SSSR count). The molecule has 0 N–H and O–H groups in total. The van der Waals surface area contributed by atoms with E-state index in [-0.39, 0.29) is 0 Å². The Kier molecular flexibility index (Phi) is 4.44. The molecule has 0 amide bonds. The molecule has 112 valence electrons. The van der Waals surface area contributed by atoms with Gasteiger partial charge in [0.2, 0.25) is 0 Å². The maximum atomic E-state index is 5.43. The van der Waals surface area contributed by atoms with Crippen LogP contribution in [0.25, 0.3) is 5.69 Å². The number of thioether (sulfide) groups is 1. The third-order valence-corrected chi connectivity index (χ3v) is 4.53. The van der Waals surface area contributed by atoms with E-state index in [1.165, 1.54) is 5.56 Å². The standard InChI is InChI=1S/C17H17N3OS/c1-13(14-8-4-3-5-9-14)22-17-19-18-12-20(17)15-10-6-7-11-16(15)21-2/h3-13H,1-2H3/t13-/m0/s1. The van der Waals surface area contributed by atoms with Crippen molar-refractivity contribution in [3.05, 3.63) is 66.5 Å². The van der Waals surface area contributed by atoms with Crippen LogP contribution >= 0.6 is 11.8 Å². The first kappa shape index (κ1) is 14.7. The maximum absolute atomic E-state index is 5.43. The lowest BCUT2D eigenvalue weighted by molar-refractivity contribution is 0.412. The van der Waals surface area contributed by atoms with Gasteiger partial charge in [-0.25, -0.2) is 0 Å². The van der Waals surface area contributed by atoms with E-state index >= 15 is 0 Å². The van der Waals surface area contributed by atoms with E-state index in [0.29, 0.717) is 5.25 Å². The summed E-state index contributed by atoms with van der Waals surface area (Å²) in [6.45, 7) is 2.17. The summed E-state index contributed by atoms with van der Waals surface area (Å²) in [4.78, 5) is 0. The second kappa shape index (κ2) is 6.66. The van der Waals surface area contributed by atoms with Gasteiger partial charge < -0.3 is 4.74 Å². The average Bonchev–Trinajstić information content (AvgIpc) is 3.03. The molecule has 0 fully saturated rings. The van der Waals surface area contributed by atoms with Gasteiger partial charge in [-0.1, -0.05) is 54.2 Å². The Hall–Kier alpha value is -2.27. The summed E-state index contributed by atoms with van der Waals surface area (Å²) in [5.41, 5.74) is 2.21. The largest absolute Gasteiger partial charge is 0.495 e. The maximum Gasteiger partial charge on any atom is 0.196 e. The van der Waals surface area contributed by atoms with Crippen molar-refractivity contribution < 1.29 is 4.74 Å². The molecule has 0 unspecified atom stereocenters. The molecule has 0 saturated heterocycles. The summed E-state index contributed by atoms with van der Waals surface area (Å²) >= 11 is 1.68. The molecule has 1 aromatic heterocycles. The van der Waals surface area contributed by atoms with E-state index < -0.39 is 0 Å². The van der Waals surface area contributed by atoms with Gasteiger partial charge in [-0.05, 0) is 24.6 Å². The second-order valence-electron chi connectivity index (χ2n) is 4.83. The summed E-state index contributed by atoms with van der Waals surface area (Å²) in [7, 11) is 1.67. The minimum absolute atomic E-state index is 0.291. The van der Waals surface area contributed by atoms with E-state index in [9.17, 15) is 0 Å². The number of para-hydroxylation sites is 2. The molecule has 0 spiro atoms. The minimum Gasteiger partial charge on any atom is -0.495 e. The second-order valence-corrected chi connectivity index (χ2v) is 6.13. The topological polar surface area (TPSA) is 39.9 Å². The minimum atomic E-state index is 0.291. The molecule has 0 bridgehead atoms. The van der Waals surface area contributed by atoms with Crippen molar-refractivity contribution in [1.29, 1.82) is 0 Å². The number of rotatable bonds is 5. The number of methoxy groups -OCH3 is 1. The number of hydrogen-bond donors (Lipinski definition) is 0. The van der Waals surface area contributed by atoms with Crippen LogP contribution in [0, 0.1) is 0 Å². The third-order valence-electron chi connectivity index (χ3n) is 3.41. The predicted molar refractivity (Wildman–Crippen MR) is 88.6 cm³/mol. The first-order chi connectivity index (χ1) is 10.8. The Morgan fingerprint density at radius 2 is 1.77 bits per heavy atom. The first-order valence-corrected chi connectivity index (χ1v) is 7.92. The van der Waals surface area contributed by atoms with Gasteiger partial charge in [-0.15, -0.1) is 10.2 Å². The molecular formula is C17H17N3OS. The molecule has 5 heteroatoms. The predicted octanol–water partition coefficient (Wildman–Crippen LogP) is 4.13. The molecule has 3 aromatic rings. The highest BCUT2D eigenvalue weighted by Gasteiger charge is 2.15. The molecule has 0 radical (unpaired) electrons. The van der Waals surface area contributed by atoms with Crippen molar-refractivity contribution in [2.75, 3.05) is 7.11 Å². The van der Waals surface area contributed by atoms with Crippen LogP contribution < -0.4 is 4.74 Å². The molecule has 0 aliphatic carbocycles. The van der Waals surface area contributed by atoms with Gasteiger partial charge in [0.1, 0.15) is 12.1 Å². The molecule has 2 aromatic carbocycles. The molecule has 0 aliphatic rings. The number of ether oxygens (including phenoxy) is 1. The van der Waals surface area contributed by atoms with Crippen LogP contribution in [0.15, 0.2) is 66.1 Å². The van der Waals surface area contributed by atoms with Crippen molar-refractivity contribution in [3.63, 3.8) is 0 Å². The van der Waals surface area contributed by atoms with Gasteiger partial charge in [-0.3, -0.25) is 4.57 Å². The number of hydrogen-bond acceptors (Lipinski definition) is 4. The van der Waals surface area contributed by atoms with Crippen LogP contribution in [-0.2, 0) is 0 Å². The van der Waals surface area contributed by atoms with Crippen molar-refractivity contribution in [2.45, 2.75) is 17.3 Å². The van der Waals surface area contributed by atoms with Crippen LogP contribution in [0.5, 0.6) is 5.75 Å². The molecule has 0 saturated carbocycles. The van der Waals surface area contributed by atoms with Gasteiger partial charge in [-0.2, -0.15) is 0 Å². The highest BCUT2D eigenvalue weighted by molar-refractivity contribution is 7.99. The molecule has 1 atom stereocenters. The quantitative estimate of drug-likeness (QED) is 0.664. The smallest absolute Gasteiger partial charge is 0.196 e. The van der Waals surface area contributed by atoms with Gasteiger partial charge in [0, 0.05) is 5.25 Å². The van der Waals surface area contributed by atoms with Crippen LogP contribution in [-0.4, -0.2) is 21.9 Å². The molecule has 22 heavy (non-hydrogen) atoms. The lowest BCUT2D eigenvalue weighted by atomic mass is 10.2. The Labute approximate surface area is 134 Å². The summed E-state index contributed by atoms with van der Waals surface area (Å²) in [6.07, 6.45) is 1.72. The lowest BCUT2D eigenvalue weighted by Crippen LogP contribution is -1.99. The normalized spacial score (nSPS) is 12.1. The van der Waals surface area contributed by atoms with Crippen molar-refractivity contribution in [3.8, 4) is 11.4 Å². The van der Waals surface area contributed by atoms with Crippen molar-refractivity contribution >= 4 is 11.8 Å². The van der Waals surface area contributed by atoms with E-state index in [2.05, 4.69) is 41.4 Å². The van der Waals surface area contributed by atoms with E-state index in [4.69, 9.17) is 4.74 Å².